The van der Waals surface area contributed by atoms with E-state index in [0.717, 1.165) is 24.9 Å². The molecule has 0 amide bonds. The smallest absolute Gasteiger partial charge is 0.123 e. The second-order valence-corrected chi connectivity index (χ2v) is 4.71. The summed E-state index contributed by atoms with van der Waals surface area (Å²) < 4.78 is 13.1. The molecule has 1 unspecified atom stereocenters. The van der Waals surface area contributed by atoms with Gasteiger partial charge in [0.25, 0.3) is 0 Å². The highest BCUT2D eigenvalue weighted by Gasteiger charge is 2.07. The van der Waals surface area contributed by atoms with Gasteiger partial charge in [-0.3, -0.25) is 0 Å². The average molecular weight is 257 g/mol. The van der Waals surface area contributed by atoms with Gasteiger partial charge in [-0.1, -0.05) is 49.4 Å². The highest BCUT2D eigenvalue weighted by atomic mass is 19.1. The van der Waals surface area contributed by atoms with Gasteiger partial charge in [-0.2, -0.15) is 0 Å². The van der Waals surface area contributed by atoms with Crippen molar-refractivity contribution < 1.29 is 4.39 Å². The van der Waals surface area contributed by atoms with Crippen LogP contribution in [0.25, 0.3) is 0 Å². The molecule has 2 aromatic carbocycles. The molecule has 0 spiro atoms. The molecule has 2 heteroatoms. The van der Waals surface area contributed by atoms with Crippen LogP contribution in [0.1, 0.15) is 30.5 Å². The summed E-state index contributed by atoms with van der Waals surface area (Å²) in [4.78, 5) is 0. The number of nitrogens with one attached hydrogen (secondary N) is 1. The Hall–Kier alpha value is -1.67. The van der Waals surface area contributed by atoms with Gasteiger partial charge in [0, 0.05) is 6.04 Å². The fraction of sp³-hybridized carbons (Fsp3) is 0.294. The lowest BCUT2D eigenvalue weighted by atomic mass is 10.0. The van der Waals surface area contributed by atoms with Gasteiger partial charge in [0.1, 0.15) is 5.82 Å². The zero-order valence-corrected chi connectivity index (χ0v) is 11.3. The molecule has 19 heavy (non-hydrogen) atoms. The molecule has 0 aromatic heterocycles. The number of rotatable bonds is 6. The van der Waals surface area contributed by atoms with Crippen molar-refractivity contribution >= 4 is 0 Å². The molecule has 0 radical (unpaired) electrons. The first kappa shape index (κ1) is 13.8. The maximum Gasteiger partial charge on any atom is 0.123 e. The Morgan fingerprint density at radius 2 is 1.84 bits per heavy atom. The molecule has 0 aliphatic heterocycles. The van der Waals surface area contributed by atoms with Gasteiger partial charge < -0.3 is 5.32 Å². The fourth-order valence-corrected chi connectivity index (χ4v) is 2.27. The van der Waals surface area contributed by atoms with E-state index in [2.05, 4.69) is 36.5 Å². The van der Waals surface area contributed by atoms with Crippen molar-refractivity contribution in [1.29, 1.82) is 0 Å². The number of benzene rings is 2. The minimum atomic E-state index is -0.160. The molecule has 0 heterocycles. The molecule has 0 aliphatic rings. The first-order chi connectivity index (χ1) is 9.29. The third-order valence-electron chi connectivity index (χ3n) is 3.30. The molecule has 0 aliphatic carbocycles. The van der Waals surface area contributed by atoms with Crippen LogP contribution in [0, 0.1) is 5.82 Å². The molecule has 0 saturated heterocycles. The quantitative estimate of drug-likeness (QED) is 0.821. The molecule has 0 bridgehead atoms. The summed E-state index contributed by atoms with van der Waals surface area (Å²) >= 11 is 0. The predicted octanol–water partition coefficient (Wildman–Crippen LogP) is 4.11. The van der Waals surface area contributed by atoms with Crippen LogP contribution in [0.3, 0.4) is 0 Å². The van der Waals surface area contributed by atoms with Gasteiger partial charge >= 0.3 is 0 Å². The Labute approximate surface area is 114 Å². The van der Waals surface area contributed by atoms with Gasteiger partial charge in [-0.05, 0) is 42.6 Å². The van der Waals surface area contributed by atoms with Crippen LogP contribution in [-0.2, 0) is 6.42 Å². The molecular weight excluding hydrogens is 237 g/mol. The minimum absolute atomic E-state index is 0.160. The molecule has 0 fully saturated rings. The van der Waals surface area contributed by atoms with Gasteiger partial charge in [-0.15, -0.1) is 0 Å². The van der Waals surface area contributed by atoms with Crippen LogP contribution in [0.2, 0.25) is 0 Å². The minimum Gasteiger partial charge on any atom is -0.310 e. The summed E-state index contributed by atoms with van der Waals surface area (Å²) in [6, 6.07) is 17.6. The Morgan fingerprint density at radius 3 is 2.53 bits per heavy atom. The van der Waals surface area contributed by atoms with Crippen LogP contribution in [-0.4, -0.2) is 6.54 Å². The van der Waals surface area contributed by atoms with Crippen LogP contribution in [0.5, 0.6) is 0 Å². The van der Waals surface area contributed by atoms with E-state index in [4.69, 9.17) is 0 Å². The normalized spacial score (nSPS) is 12.3. The molecule has 2 aromatic rings. The van der Waals surface area contributed by atoms with Gasteiger partial charge in [-0.25, -0.2) is 4.39 Å². The van der Waals surface area contributed by atoms with Crippen LogP contribution < -0.4 is 5.32 Å². The van der Waals surface area contributed by atoms with Crippen molar-refractivity contribution in [3.63, 3.8) is 0 Å². The third kappa shape index (κ3) is 4.18. The first-order valence-electron chi connectivity index (χ1n) is 6.82. The van der Waals surface area contributed by atoms with E-state index in [1.54, 1.807) is 12.1 Å². The standard InChI is InChI=1S/C17H20FN/c1-2-17(15-8-4-3-5-9-15)19-12-11-14-7-6-10-16(18)13-14/h3-10,13,17,19H,2,11-12H2,1H3. The molecule has 1 atom stereocenters. The topological polar surface area (TPSA) is 12.0 Å². The van der Waals surface area contributed by atoms with Crippen LogP contribution in [0.4, 0.5) is 4.39 Å². The Balaban J connectivity index is 1.87. The van der Waals surface area contributed by atoms with Gasteiger partial charge in [0.2, 0.25) is 0 Å². The zero-order chi connectivity index (χ0) is 13.5. The van der Waals surface area contributed by atoms with Crippen LogP contribution in [0.15, 0.2) is 54.6 Å². The molecule has 1 N–H and O–H groups in total. The highest BCUT2D eigenvalue weighted by molar-refractivity contribution is 5.19. The lowest BCUT2D eigenvalue weighted by Gasteiger charge is -2.17. The Kier molecular flexibility index (Phi) is 5.10. The SMILES string of the molecule is CCC(NCCc1cccc(F)c1)c1ccccc1. The van der Waals surface area contributed by atoms with Crippen molar-refractivity contribution in [3.8, 4) is 0 Å². The average Bonchev–Trinajstić information content (AvgIpc) is 2.45. The van der Waals surface area contributed by atoms with Crippen molar-refractivity contribution in [1.82, 2.24) is 5.32 Å². The fourth-order valence-electron chi connectivity index (χ4n) is 2.27. The highest BCUT2D eigenvalue weighted by Crippen LogP contribution is 2.15. The predicted molar refractivity (Wildman–Crippen MR) is 77.6 cm³/mol. The van der Waals surface area contributed by atoms with E-state index >= 15 is 0 Å². The van der Waals surface area contributed by atoms with E-state index in [0.29, 0.717) is 6.04 Å². The van der Waals surface area contributed by atoms with E-state index in [9.17, 15) is 4.39 Å². The second kappa shape index (κ2) is 7.05. The van der Waals surface area contributed by atoms with Crippen molar-refractivity contribution in [3.05, 3.63) is 71.5 Å². The summed E-state index contributed by atoms with van der Waals surface area (Å²) in [5.74, 6) is -0.160. The lowest BCUT2D eigenvalue weighted by Crippen LogP contribution is -2.23. The summed E-state index contributed by atoms with van der Waals surface area (Å²) in [5.41, 5.74) is 2.35. The maximum absolute atomic E-state index is 13.1. The van der Waals surface area contributed by atoms with Gasteiger partial charge in [0.05, 0.1) is 0 Å². The van der Waals surface area contributed by atoms with E-state index in [1.165, 1.54) is 11.6 Å². The van der Waals surface area contributed by atoms with Crippen molar-refractivity contribution in [2.24, 2.45) is 0 Å². The largest absolute Gasteiger partial charge is 0.310 e. The van der Waals surface area contributed by atoms with E-state index < -0.39 is 0 Å². The molecular formula is C17H20FN. The monoisotopic (exact) mass is 257 g/mol. The lowest BCUT2D eigenvalue weighted by molar-refractivity contribution is 0.522. The summed E-state index contributed by atoms with van der Waals surface area (Å²) in [5, 5.41) is 3.53. The van der Waals surface area contributed by atoms with Crippen molar-refractivity contribution in [2.45, 2.75) is 25.8 Å². The van der Waals surface area contributed by atoms with Gasteiger partial charge in [0.15, 0.2) is 0 Å². The Bertz CT molecular complexity index is 496. The molecule has 0 saturated carbocycles. The summed E-state index contributed by atoms with van der Waals surface area (Å²) in [7, 11) is 0. The first-order valence-corrected chi connectivity index (χ1v) is 6.82. The number of hydrogen-bond acceptors (Lipinski definition) is 1. The summed E-state index contributed by atoms with van der Waals surface area (Å²) in [6.45, 7) is 3.03. The second-order valence-electron chi connectivity index (χ2n) is 4.71. The maximum atomic E-state index is 13.1. The van der Waals surface area contributed by atoms with E-state index in [-0.39, 0.29) is 5.82 Å². The molecule has 2 rings (SSSR count). The van der Waals surface area contributed by atoms with Crippen molar-refractivity contribution in [2.75, 3.05) is 6.54 Å². The molecule has 1 nitrogen and oxygen atoms in total. The number of hydrogen-bond donors (Lipinski definition) is 1. The zero-order valence-electron chi connectivity index (χ0n) is 11.3. The van der Waals surface area contributed by atoms with Crippen LogP contribution >= 0.6 is 0 Å². The molecule has 100 valence electrons. The summed E-state index contributed by atoms with van der Waals surface area (Å²) in [6.07, 6.45) is 1.90. The third-order valence-corrected chi connectivity index (χ3v) is 3.30. The van der Waals surface area contributed by atoms with E-state index in [1.807, 2.05) is 12.1 Å². The Morgan fingerprint density at radius 1 is 1.05 bits per heavy atom. The number of halogens is 1.